The fourth-order valence-corrected chi connectivity index (χ4v) is 18.8. The predicted octanol–water partition coefficient (Wildman–Crippen LogP) is 17.7. The highest BCUT2D eigenvalue weighted by Crippen LogP contribution is 2.52. The van der Waals surface area contributed by atoms with Crippen LogP contribution in [0.4, 0.5) is 8.78 Å². The molecule has 0 amide bonds. The van der Waals surface area contributed by atoms with Crippen molar-refractivity contribution in [2.75, 3.05) is 114 Å². The quantitative estimate of drug-likeness (QED) is 0.0534. The Morgan fingerprint density at radius 3 is 0.873 bits per heavy atom. The average Bonchev–Trinajstić information content (AvgIpc) is 1.54. The van der Waals surface area contributed by atoms with Gasteiger partial charge in [0.25, 0.3) is 0 Å². The van der Waals surface area contributed by atoms with Crippen molar-refractivity contribution in [3.63, 3.8) is 0 Å². The van der Waals surface area contributed by atoms with Crippen LogP contribution in [0, 0.1) is 33.3 Å². The first-order valence-electron chi connectivity index (χ1n) is 43.6. The molecule has 10 aliphatic rings. The molecule has 126 heavy (non-hydrogen) atoms. The normalized spacial score (nSPS) is 18.1. The fourth-order valence-electron chi connectivity index (χ4n) is 18.8. The number of rotatable bonds is 18. The van der Waals surface area contributed by atoms with Crippen LogP contribution in [0.1, 0.15) is 177 Å². The number of ether oxygens (including phenoxy) is 9. The molecule has 0 spiro atoms. The molecule has 0 unspecified atom stereocenters. The molecule has 0 bridgehead atoms. The van der Waals surface area contributed by atoms with Gasteiger partial charge in [0.1, 0.15) is 89.8 Å². The van der Waals surface area contributed by atoms with Gasteiger partial charge in [-0.15, -0.1) is 0 Å². The predicted molar refractivity (Wildman–Crippen MR) is 476 cm³/mol. The van der Waals surface area contributed by atoms with Crippen LogP contribution in [0.5, 0.6) is 51.7 Å². The van der Waals surface area contributed by atoms with Gasteiger partial charge in [0.2, 0.25) is 0 Å². The number of aliphatic carboxylic acids is 4. The zero-order chi connectivity index (χ0) is 88.9. The van der Waals surface area contributed by atoms with Gasteiger partial charge in [0.15, 0.2) is 0 Å². The number of benzene rings is 8. The summed E-state index contributed by atoms with van der Waals surface area (Å²) in [4.78, 5) is 55.3. The second-order valence-corrected chi connectivity index (χ2v) is 35.9. The van der Waals surface area contributed by atoms with Crippen LogP contribution >= 0.6 is 0 Å². The summed E-state index contributed by atoms with van der Waals surface area (Å²) in [5.74, 6) is 3.12. The number of hydrogen-bond donors (Lipinski definition) is 5. The number of methoxy groups -OCH3 is 5. The van der Waals surface area contributed by atoms with Crippen LogP contribution in [-0.4, -0.2) is 183 Å². The highest BCUT2D eigenvalue weighted by Gasteiger charge is 2.52. The maximum atomic E-state index is 14.0. The molecule has 18 rings (SSSR count). The SMILES string of the molecule is COc1ccc2c(c1)COc1cc(CO)ccc1C2=C1CCN(CC2(C(=O)O)CC2)CC1.COc1ccc2c(c1)COc1cc(F)ccc1C2=C1CCN(CC(C)(C)C(=O)O)CC1.COc1ccc2c(c1)COc1cc(F)ccc1C2=C1CCN(CC2(C(=O)O)CC2)CC1.COc1ccc2c(c1)COc1cc(OC)ccc1C2=C1CCN(CC(C)(C)C(=O)O)CC1. The Morgan fingerprint density at radius 1 is 0.349 bits per heavy atom. The maximum absolute atomic E-state index is 14.0. The highest BCUT2D eigenvalue weighted by molar-refractivity contribution is 5.91. The van der Waals surface area contributed by atoms with Crippen LogP contribution in [0.3, 0.4) is 0 Å². The summed E-state index contributed by atoms with van der Waals surface area (Å²) in [5.41, 5.74) is 20.9. The molecule has 2 aliphatic carbocycles. The number of likely N-dealkylation sites (tertiary alicyclic amines) is 4. The van der Waals surface area contributed by atoms with Crippen molar-refractivity contribution in [1.29, 1.82) is 0 Å². The van der Waals surface area contributed by atoms with Gasteiger partial charge in [-0.3, -0.25) is 19.2 Å². The number of fused-ring (bicyclic) bond motifs is 8. The van der Waals surface area contributed by atoms with Crippen LogP contribution in [-0.2, 0) is 52.2 Å². The van der Waals surface area contributed by atoms with E-state index in [2.05, 4.69) is 56.0 Å². The first kappa shape index (κ1) is 89.3. The molecular formula is C102H114F2N4O18. The Labute approximate surface area is 735 Å². The van der Waals surface area contributed by atoms with Crippen molar-refractivity contribution in [3.05, 3.63) is 252 Å². The summed E-state index contributed by atoms with van der Waals surface area (Å²) < 4.78 is 79.4. The number of halogens is 2. The smallest absolute Gasteiger partial charge is 0.310 e. The lowest BCUT2D eigenvalue weighted by Crippen LogP contribution is -2.42. The lowest BCUT2D eigenvalue weighted by atomic mass is 9.85. The van der Waals surface area contributed by atoms with Gasteiger partial charge in [-0.05, 0) is 246 Å². The van der Waals surface area contributed by atoms with Crippen molar-refractivity contribution < 1.29 is 96.1 Å². The number of piperidine rings is 4. The van der Waals surface area contributed by atoms with Crippen LogP contribution in [0.2, 0.25) is 0 Å². The Balaban J connectivity index is 0.000000130. The summed E-state index contributed by atoms with van der Waals surface area (Å²) in [6, 6.07) is 45.7. The molecular weight excluding hydrogens is 1610 g/mol. The lowest BCUT2D eigenvalue weighted by Gasteiger charge is -2.34. The molecule has 8 aromatic rings. The molecule has 2 saturated carbocycles. The van der Waals surface area contributed by atoms with Gasteiger partial charge in [-0.2, -0.15) is 0 Å². The van der Waals surface area contributed by atoms with E-state index in [0.29, 0.717) is 64.1 Å². The van der Waals surface area contributed by atoms with E-state index in [1.807, 2.05) is 78.9 Å². The minimum atomic E-state index is -0.784. The van der Waals surface area contributed by atoms with Crippen molar-refractivity contribution in [3.8, 4) is 51.7 Å². The van der Waals surface area contributed by atoms with E-state index in [1.54, 1.807) is 69.3 Å². The molecule has 6 fully saturated rings. The van der Waals surface area contributed by atoms with E-state index in [4.69, 9.17) is 42.6 Å². The molecule has 8 aromatic carbocycles. The number of carboxylic acid groups (broad SMARTS) is 4. The van der Waals surface area contributed by atoms with Crippen LogP contribution in [0.25, 0.3) is 22.3 Å². The van der Waals surface area contributed by atoms with Gasteiger partial charge in [0, 0.05) is 141 Å². The first-order chi connectivity index (χ1) is 60.6. The Morgan fingerprint density at radius 2 is 0.603 bits per heavy atom. The number of nitrogens with zero attached hydrogens (tertiary/aromatic N) is 4. The summed E-state index contributed by atoms with van der Waals surface area (Å²) >= 11 is 0. The third kappa shape index (κ3) is 19.7. The van der Waals surface area contributed by atoms with Gasteiger partial charge >= 0.3 is 23.9 Å². The summed E-state index contributed by atoms with van der Waals surface area (Å²) in [6.45, 7) is 17.7. The van der Waals surface area contributed by atoms with E-state index >= 15 is 0 Å². The fraction of sp³-hybridized carbons (Fsp3) is 0.412. The number of hydrogen-bond acceptors (Lipinski definition) is 18. The third-order valence-corrected chi connectivity index (χ3v) is 26.6. The van der Waals surface area contributed by atoms with E-state index in [0.717, 1.165) is 248 Å². The van der Waals surface area contributed by atoms with E-state index in [-0.39, 0.29) is 18.2 Å². The van der Waals surface area contributed by atoms with Crippen LogP contribution < -0.4 is 42.6 Å². The molecule has 0 aromatic heterocycles. The number of carbonyl (C=O) groups is 4. The van der Waals surface area contributed by atoms with Crippen molar-refractivity contribution in [2.24, 2.45) is 21.7 Å². The average molecular weight is 1720 g/mol. The molecule has 0 atom stereocenters. The summed E-state index contributed by atoms with van der Waals surface area (Å²) in [6.07, 6.45) is 10.1. The zero-order valence-corrected chi connectivity index (χ0v) is 73.5. The van der Waals surface area contributed by atoms with Crippen molar-refractivity contribution in [1.82, 2.24) is 19.6 Å². The Hall–Kier alpha value is -11.5. The number of aliphatic hydroxyl groups excluding tert-OH is 1. The minimum absolute atomic E-state index is 0.0242. The van der Waals surface area contributed by atoms with Gasteiger partial charge < -0.3 is 87.8 Å². The molecule has 22 nitrogen and oxygen atoms in total. The van der Waals surface area contributed by atoms with Crippen molar-refractivity contribution in [2.45, 2.75) is 138 Å². The molecule has 5 N–H and O–H groups in total. The maximum Gasteiger partial charge on any atom is 0.310 e. The molecule has 8 heterocycles. The number of aliphatic hydroxyl groups is 1. The lowest BCUT2D eigenvalue weighted by molar-refractivity contribution is -0.148. The topological polar surface area (TPSA) is 265 Å². The van der Waals surface area contributed by atoms with Crippen molar-refractivity contribution >= 4 is 46.2 Å². The second kappa shape index (κ2) is 37.9. The van der Waals surface area contributed by atoms with E-state index in [1.165, 1.54) is 63.3 Å². The molecule has 0 radical (unpaired) electrons. The Kier molecular flexibility index (Phi) is 26.9. The molecule has 4 saturated heterocycles. The Bertz CT molecular complexity index is 5150. The molecule has 664 valence electrons. The van der Waals surface area contributed by atoms with Gasteiger partial charge in [-0.1, -0.05) is 58.7 Å². The third-order valence-electron chi connectivity index (χ3n) is 26.6. The summed E-state index contributed by atoms with van der Waals surface area (Å²) in [5, 5.41) is 47.6. The first-order valence-corrected chi connectivity index (χ1v) is 43.6. The minimum Gasteiger partial charge on any atom is -0.497 e. The van der Waals surface area contributed by atoms with Crippen LogP contribution in [0.15, 0.2) is 168 Å². The zero-order valence-electron chi connectivity index (χ0n) is 73.5. The number of carboxylic acids is 4. The highest BCUT2D eigenvalue weighted by atomic mass is 19.1. The summed E-state index contributed by atoms with van der Waals surface area (Å²) in [7, 11) is 8.28. The van der Waals surface area contributed by atoms with E-state index < -0.39 is 45.5 Å². The molecule has 8 aliphatic heterocycles. The molecule has 24 heteroatoms. The largest absolute Gasteiger partial charge is 0.497 e. The second-order valence-electron chi connectivity index (χ2n) is 35.9. The standard InChI is InChI=1S/C26H29NO5.C26H31NO5.C25H26FNO4.C25H28FNO4/c1-31-20-3-5-21-19(13-20)15-32-23-12-17(14-28)2-4-22(23)24(21)18-6-10-27(11-7-18)16-26(8-9-26)25(29)30;1-26(2,25(28)29)16-27-11-9-17(10-12-27)24-21-7-5-19(30-3)13-18(21)15-32-23-14-20(31-4)6-8-22(23)24;1-30-19-3-5-20-17(12-19)14-31-22-13-18(26)2-4-21(22)23(20)16-6-10-27(11-7-16)15-25(8-9-25)24(28)29;1-25(2,24(28)29)15-27-10-8-16(9-11-27)23-20-7-5-19(30-3)12-17(20)14-31-22-13-18(26)4-6-21(22)23/h2-5,12-13,28H,6-11,14-16H2,1H3,(H,29,30);5-8,13-14H,9-12,15-16H2,1-4H3,(H,28,29);2-5,12-13H,6-11,14-15H2,1H3,(H,28,29);4-7,12-13H,8-11,14-15H2,1-3H3,(H,28,29). The monoisotopic (exact) mass is 1720 g/mol. The van der Waals surface area contributed by atoms with Gasteiger partial charge in [0.05, 0.1) is 63.8 Å². The van der Waals surface area contributed by atoms with Gasteiger partial charge in [-0.25, -0.2) is 8.78 Å². The van der Waals surface area contributed by atoms with E-state index in [9.17, 15) is 53.5 Å².